The minimum Gasteiger partial charge on any atom is -0.323 e. The van der Waals surface area contributed by atoms with Gasteiger partial charge in [-0.15, -0.1) is 0 Å². The summed E-state index contributed by atoms with van der Waals surface area (Å²) in [6, 6.07) is 18.4. The third-order valence-electron chi connectivity index (χ3n) is 6.83. The van der Waals surface area contributed by atoms with Crippen molar-refractivity contribution in [2.24, 2.45) is 0 Å². The number of pyridine rings is 2. The Kier molecular flexibility index (Phi) is 7.89. The van der Waals surface area contributed by atoms with Crippen molar-refractivity contribution in [1.29, 1.82) is 0 Å². The number of aromatic nitrogens is 2. The Hall–Kier alpha value is -4.56. The van der Waals surface area contributed by atoms with Crippen molar-refractivity contribution in [3.05, 3.63) is 118 Å². The van der Waals surface area contributed by atoms with E-state index in [1.807, 2.05) is 12.1 Å². The molecule has 0 spiro atoms. The number of benzene rings is 2. The molecule has 9 heteroatoms. The lowest BCUT2D eigenvalue weighted by atomic mass is 10.0. The van der Waals surface area contributed by atoms with Crippen LogP contribution in [-0.4, -0.2) is 38.6 Å². The number of rotatable bonds is 7. The minimum atomic E-state index is -0.786. The van der Waals surface area contributed by atoms with Gasteiger partial charge in [-0.3, -0.25) is 19.4 Å². The van der Waals surface area contributed by atoms with E-state index in [0.29, 0.717) is 33.6 Å². The van der Waals surface area contributed by atoms with Gasteiger partial charge in [-0.1, -0.05) is 49.7 Å². The summed E-state index contributed by atoms with van der Waals surface area (Å²) in [6.07, 6.45) is 5.39. The fourth-order valence-corrected chi connectivity index (χ4v) is 4.73. The first-order chi connectivity index (χ1) is 19.3. The number of anilines is 2. The fraction of sp³-hybridized carbons (Fsp3) is 0.194. The largest absolute Gasteiger partial charge is 0.323 e. The standard InChI is InChI=1S/C31H28ClN5O3/c1-19(2)23-9-12-28(34-17-23)36-29(38)22-7-5-20(6-8-22)18-37-27(14-21-4-3-13-33-16-21)30(39)35-26-15-24(32)10-11-25(26)31(37)40/h3-13,15-17,19,27H,14,18H2,1-2H3,(H,35,39)(H,34,36,38)/t27-/m1/s1. The molecule has 0 saturated carbocycles. The molecule has 4 aromatic rings. The highest BCUT2D eigenvalue weighted by atomic mass is 35.5. The first-order valence-electron chi connectivity index (χ1n) is 12.9. The van der Waals surface area contributed by atoms with E-state index in [2.05, 4.69) is 34.4 Å². The monoisotopic (exact) mass is 553 g/mol. The van der Waals surface area contributed by atoms with Gasteiger partial charge in [-0.25, -0.2) is 4.98 Å². The van der Waals surface area contributed by atoms with Crippen molar-refractivity contribution in [3.8, 4) is 0 Å². The molecule has 2 aromatic heterocycles. The molecule has 3 amide bonds. The average molecular weight is 554 g/mol. The lowest BCUT2D eigenvalue weighted by Crippen LogP contribution is -2.46. The van der Waals surface area contributed by atoms with Crippen LogP contribution in [0.2, 0.25) is 5.02 Å². The number of hydrogen-bond acceptors (Lipinski definition) is 5. The van der Waals surface area contributed by atoms with Gasteiger partial charge in [0.2, 0.25) is 5.91 Å². The quantitative estimate of drug-likeness (QED) is 0.305. The van der Waals surface area contributed by atoms with Gasteiger partial charge in [-0.2, -0.15) is 0 Å². The van der Waals surface area contributed by atoms with Crippen molar-refractivity contribution >= 4 is 40.8 Å². The maximum absolute atomic E-state index is 13.7. The molecule has 0 aliphatic carbocycles. The average Bonchev–Trinajstić information content (AvgIpc) is 3.04. The number of hydrogen-bond donors (Lipinski definition) is 2. The number of carbonyl (C=O) groups is 3. The Morgan fingerprint density at radius 3 is 2.50 bits per heavy atom. The lowest BCUT2D eigenvalue weighted by molar-refractivity contribution is -0.120. The van der Waals surface area contributed by atoms with Gasteiger partial charge in [0.25, 0.3) is 11.8 Å². The number of carbonyl (C=O) groups excluding carboxylic acids is 3. The van der Waals surface area contributed by atoms with E-state index in [0.717, 1.165) is 16.7 Å². The van der Waals surface area contributed by atoms with E-state index in [1.165, 1.54) is 0 Å². The maximum Gasteiger partial charge on any atom is 0.256 e. The minimum absolute atomic E-state index is 0.166. The van der Waals surface area contributed by atoms with Gasteiger partial charge in [0.1, 0.15) is 11.9 Å². The molecule has 3 heterocycles. The molecule has 2 aromatic carbocycles. The third-order valence-corrected chi connectivity index (χ3v) is 7.06. The van der Waals surface area contributed by atoms with E-state index < -0.39 is 6.04 Å². The van der Waals surface area contributed by atoms with E-state index >= 15 is 0 Å². The molecule has 5 rings (SSSR count). The van der Waals surface area contributed by atoms with Crippen LogP contribution in [0.25, 0.3) is 0 Å². The zero-order valence-corrected chi connectivity index (χ0v) is 22.9. The molecule has 1 aliphatic heterocycles. The number of fused-ring (bicyclic) bond motifs is 1. The molecule has 1 atom stereocenters. The van der Waals surface area contributed by atoms with Crippen LogP contribution in [0.4, 0.5) is 11.5 Å². The highest BCUT2D eigenvalue weighted by Gasteiger charge is 2.35. The molecule has 40 heavy (non-hydrogen) atoms. The molecule has 2 N–H and O–H groups in total. The SMILES string of the molecule is CC(C)c1ccc(NC(=O)c2ccc(CN3C(=O)c4ccc(Cl)cc4NC(=O)[C@H]3Cc3cccnc3)cc2)nc1. The number of amides is 3. The zero-order valence-electron chi connectivity index (χ0n) is 22.1. The fourth-order valence-electron chi connectivity index (χ4n) is 4.55. The molecule has 1 aliphatic rings. The van der Waals surface area contributed by atoms with Crippen LogP contribution in [0.15, 0.2) is 85.3 Å². The Labute approximate surface area is 237 Å². The molecule has 0 radical (unpaired) electrons. The number of nitrogens with zero attached hydrogens (tertiary/aromatic N) is 3. The Morgan fingerprint density at radius 2 is 1.82 bits per heavy atom. The van der Waals surface area contributed by atoms with Crippen molar-refractivity contribution in [3.63, 3.8) is 0 Å². The predicted molar refractivity (Wildman–Crippen MR) is 154 cm³/mol. The first kappa shape index (κ1) is 27.0. The normalized spacial score (nSPS) is 14.9. The molecular formula is C31H28ClN5O3. The molecule has 0 unspecified atom stereocenters. The van der Waals surface area contributed by atoms with Gasteiger partial charge in [0.15, 0.2) is 0 Å². The molecule has 8 nitrogen and oxygen atoms in total. The summed E-state index contributed by atoms with van der Waals surface area (Å²) in [5.41, 5.74) is 3.87. The van der Waals surface area contributed by atoms with Crippen LogP contribution >= 0.6 is 11.6 Å². The first-order valence-corrected chi connectivity index (χ1v) is 13.3. The summed E-state index contributed by atoms with van der Waals surface area (Å²) in [6.45, 7) is 4.33. The number of halogens is 1. The molecule has 202 valence electrons. The second-order valence-electron chi connectivity index (χ2n) is 9.98. The summed E-state index contributed by atoms with van der Waals surface area (Å²) >= 11 is 6.15. The highest BCUT2D eigenvalue weighted by molar-refractivity contribution is 6.31. The summed E-state index contributed by atoms with van der Waals surface area (Å²) in [5, 5.41) is 6.10. The topological polar surface area (TPSA) is 104 Å². The Balaban J connectivity index is 1.37. The maximum atomic E-state index is 13.7. The Bertz CT molecular complexity index is 1540. The van der Waals surface area contributed by atoms with Gasteiger partial charge in [0, 0.05) is 42.1 Å². The summed E-state index contributed by atoms with van der Waals surface area (Å²) in [4.78, 5) is 50.0. The van der Waals surface area contributed by atoms with Crippen LogP contribution < -0.4 is 10.6 Å². The van der Waals surface area contributed by atoms with Gasteiger partial charge >= 0.3 is 0 Å². The molecule has 0 fully saturated rings. The highest BCUT2D eigenvalue weighted by Crippen LogP contribution is 2.29. The predicted octanol–water partition coefficient (Wildman–Crippen LogP) is 5.71. The van der Waals surface area contributed by atoms with Gasteiger partial charge in [0.05, 0.1) is 11.3 Å². The molecular weight excluding hydrogens is 526 g/mol. The van der Waals surface area contributed by atoms with E-state index in [-0.39, 0.29) is 30.7 Å². The summed E-state index contributed by atoms with van der Waals surface area (Å²) in [5.74, 6) is -0.0810. The van der Waals surface area contributed by atoms with Gasteiger partial charge < -0.3 is 15.5 Å². The lowest BCUT2D eigenvalue weighted by Gasteiger charge is -2.29. The Morgan fingerprint density at radius 1 is 1.02 bits per heavy atom. The van der Waals surface area contributed by atoms with Crippen molar-refractivity contribution in [2.75, 3.05) is 10.6 Å². The zero-order chi connectivity index (χ0) is 28.2. The van der Waals surface area contributed by atoms with Gasteiger partial charge in [-0.05, 0) is 65.1 Å². The number of nitrogens with one attached hydrogen (secondary N) is 2. The molecule has 0 bridgehead atoms. The summed E-state index contributed by atoms with van der Waals surface area (Å²) in [7, 11) is 0. The van der Waals surface area contributed by atoms with Crippen LogP contribution in [-0.2, 0) is 17.8 Å². The second-order valence-corrected chi connectivity index (χ2v) is 10.4. The van der Waals surface area contributed by atoms with Crippen LogP contribution in [0.1, 0.15) is 57.2 Å². The van der Waals surface area contributed by atoms with E-state index in [4.69, 9.17) is 11.6 Å². The van der Waals surface area contributed by atoms with Crippen molar-refractivity contribution in [2.45, 2.75) is 38.8 Å². The second kappa shape index (κ2) is 11.7. The van der Waals surface area contributed by atoms with E-state index in [1.54, 1.807) is 78.1 Å². The van der Waals surface area contributed by atoms with E-state index in [9.17, 15) is 14.4 Å². The smallest absolute Gasteiger partial charge is 0.256 e. The van der Waals surface area contributed by atoms with Crippen molar-refractivity contribution < 1.29 is 14.4 Å². The molecule has 0 saturated heterocycles. The van der Waals surface area contributed by atoms with Crippen LogP contribution in [0.5, 0.6) is 0 Å². The van der Waals surface area contributed by atoms with Crippen LogP contribution in [0, 0.1) is 0 Å². The van der Waals surface area contributed by atoms with Crippen molar-refractivity contribution in [1.82, 2.24) is 14.9 Å². The third kappa shape index (κ3) is 6.02. The van der Waals surface area contributed by atoms with Crippen LogP contribution in [0.3, 0.4) is 0 Å². The summed E-state index contributed by atoms with van der Waals surface area (Å²) < 4.78 is 0.